The van der Waals surface area contributed by atoms with Crippen LogP contribution in [0.4, 0.5) is 0 Å². The summed E-state index contributed by atoms with van der Waals surface area (Å²) < 4.78 is 11.3. The van der Waals surface area contributed by atoms with Crippen LogP contribution in [0.5, 0.6) is 11.5 Å². The Morgan fingerprint density at radius 2 is 1.24 bits per heavy atom. The van der Waals surface area contributed by atoms with Crippen molar-refractivity contribution in [2.45, 2.75) is 46.0 Å². The molecular formula is C25H28O4. The number of aryl methyl sites for hydroxylation is 2. The van der Waals surface area contributed by atoms with Gasteiger partial charge < -0.3 is 9.47 Å². The maximum Gasteiger partial charge on any atom is 0.335 e. The Labute approximate surface area is 172 Å². The van der Waals surface area contributed by atoms with Gasteiger partial charge in [-0.05, 0) is 30.4 Å². The van der Waals surface area contributed by atoms with Gasteiger partial charge in [0.05, 0.1) is 0 Å². The average Bonchev–Trinajstić information content (AvgIpc) is 2.75. The highest BCUT2D eigenvalue weighted by atomic mass is 16.5. The Hall–Kier alpha value is -3.14. The van der Waals surface area contributed by atoms with Crippen molar-refractivity contribution in [1.29, 1.82) is 0 Å². The molecule has 0 saturated carbocycles. The lowest BCUT2D eigenvalue weighted by Crippen LogP contribution is -2.13. The van der Waals surface area contributed by atoms with Crippen LogP contribution in [0.3, 0.4) is 0 Å². The first-order valence-electron chi connectivity index (χ1n) is 9.92. The number of carbonyl (C=O) groups excluding carboxylic acids is 2. The summed E-state index contributed by atoms with van der Waals surface area (Å²) in [5.74, 6) is -0.0113. The molecule has 0 aliphatic rings. The zero-order chi connectivity index (χ0) is 21.4. The van der Waals surface area contributed by atoms with Gasteiger partial charge in [0.2, 0.25) is 0 Å². The monoisotopic (exact) mass is 392 g/mol. The van der Waals surface area contributed by atoms with E-state index in [9.17, 15) is 9.59 Å². The minimum Gasteiger partial charge on any atom is -0.423 e. The molecule has 2 rings (SSSR count). The van der Waals surface area contributed by atoms with E-state index >= 15 is 0 Å². The summed E-state index contributed by atoms with van der Waals surface area (Å²) in [6.45, 7) is 13.1. The third-order valence-electron chi connectivity index (χ3n) is 4.91. The SMILES string of the molecule is C=CC(=O)Oc1c(CC)cccc1C(CC)c1cccc(CC)c1OC(=O)C=C. The second-order valence-corrected chi connectivity index (χ2v) is 6.59. The Morgan fingerprint density at radius 3 is 1.55 bits per heavy atom. The van der Waals surface area contributed by atoms with E-state index < -0.39 is 11.9 Å². The highest BCUT2D eigenvalue weighted by Crippen LogP contribution is 2.41. The molecule has 0 aromatic heterocycles. The number of hydrogen-bond donors (Lipinski definition) is 0. The van der Waals surface area contributed by atoms with Gasteiger partial charge in [-0.1, -0.05) is 70.3 Å². The number of rotatable bonds is 9. The summed E-state index contributed by atoms with van der Waals surface area (Å²) in [4.78, 5) is 24.0. The molecule has 2 aromatic rings. The van der Waals surface area contributed by atoms with E-state index in [-0.39, 0.29) is 5.92 Å². The van der Waals surface area contributed by atoms with Gasteiger partial charge in [0.15, 0.2) is 0 Å². The standard InChI is InChI=1S/C25H28O4/c1-6-17-13-11-15-20(24(17)28-22(26)9-4)19(8-3)21-16-12-14-18(7-2)25(21)29-23(27)10-5/h9-16,19H,4-8H2,1-3H3. The fraction of sp³-hybridized carbons (Fsp3) is 0.280. The van der Waals surface area contributed by atoms with Gasteiger partial charge in [0, 0.05) is 29.2 Å². The first-order chi connectivity index (χ1) is 14.0. The van der Waals surface area contributed by atoms with Crippen LogP contribution >= 0.6 is 0 Å². The minimum absolute atomic E-state index is 0.117. The second kappa shape index (κ2) is 10.4. The number of ether oxygens (including phenoxy) is 2. The predicted molar refractivity (Wildman–Crippen MR) is 115 cm³/mol. The summed E-state index contributed by atoms with van der Waals surface area (Å²) >= 11 is 0. The molecule has 0 fully saturated rings. The third kappa shape index (κ3) is 5.02. The Bertz CT molecular complexity index is 838. The van der Waals surface area contributed by atoms with E-state index in [1.54, 1.807) is 0 Å². The maximum absolute atomic E-state index is 12.0. The fourth-order valence-corrected chi connectivity index (χ4v) is 3.46. The molecule has 152 valence electrons. The van der Waals surface area contributed by atoms with Crippen molar-refractivity contribution in [3.8, 4) is 11.5 Å². The smallest absolute Gasteiger partial charge is 0.335 e. The topological polar surface area (TPSA) is 52.6 Å². The number of para-hydroxylation sites is 2. The van der Waals surface area contributed by atoms with Crippen LogP contribution in [-0.2, 0) is 22.4 Å². The van der Waals surface area contributed by atoms with Crippen LogP contribution in [0.1, 0.15) is 55.4 Å². The number of esters is 2. The van der Waals surface area contributed by atoms with Gasteiger partial charge in [-0.25, -0.2) is 9.59 Å². The van der Waals surface area contributed by atoms with Crippen LogP contribution in [-0.4, -0.2) is 11.9 Å². The summed E-state index contributed by atoms with van der Waals surface area (Å²) in [7, 11) is 0. The molecular weight excluding hydrogens is 364 g/mol. The molecule has 4 heteroatoms. The van der Waals surface area contributed by atoms with Crippen LogP contribution in [0.25, 0.3) is 0 Å². The van der Waals surface area contributed by atoms with Gasteiger partial charge in [-0.2, -0.15) is 0 Å². The molecule has 0 amide bonds. The van der Waals surface area contributed by atoms with Crippen molar-refractivity contribution in [2.75, 3.05) is 0 Å². The molecule has 0 saturated heterocycles. The van der Waals surface area contributed by atoms with Crippen molar-refractivity contribution in [3.05, 3.63) is 84.0 Å². The lowest BCUT2D eigenvalue weighted by atomic mass is 9.85. The van der Waals surface area contributed by atoms with Crippen molar-refractivity contribution in [2.24, 2.45) is 0 Å². The van der Waals surface area contributed by atoms with Crippen LogP contribution in [0.2, 0.25) is 0 Å². The van der Waals surface area contributed by atoms with Crippen molar-refractivity contribution in [3.63, 3.8) is 0 Å². The van der Waals surface area contributed by atoms with Gasteiger partial charge >= 0.3 is 11.9 Å². The highest BCUT2D eigenvalue weighted by molar-refractivity contribution is 5.84. The number of hydrogen-bond acceptors (Lipinski definition) is 4. The average molecular weight is 392 g/mol. The van der Waals surface area contributed by atoms with E-state index in [1.165, 1.54) is 0 Å². The molecule has 29 heavy (non-hydrogen) atoms. The lowest BCUT2D eigenvalue weighted by molar-refractivity contribution is -0.129. The van der Waals surface area contributed by atoms with Gasteiger partial charge in [-0.3, -0.25) is 0 Å². The number of carbonyl (C=O) groups is 2. The van der Waals surface area contributed by atoms with Crippen LogP contribution in [0.15, 0.2) is 61.7 Å². The van der Waals surface area contributed by atoms with E-state index in [2.05, 4.69) is 20.1 Å². The highest BCUT2D eigenvalue weighted by Gasteiger charge is 2.25. The van der Waals surface area contributed by atoms with E-state index in [0.29, 0.717) is 11.5 Å². The second-order valence-electron chi connectivity index (χ2n) is 6.59. The molecule has 0 radical (unpaired) electrons. The predicted octanol–water partition coefficient (Wildman–Crippen LogP) is 5.54. The van der Waals surface area contributed by atoms with Crippen LogP contribution in [0, 0.1) is 0 Å². The van der Waals surface area contributed by atoms with Gasteiger partial charge in [-0.15, -0.1) is 0 Å². The van der Waals surface area contributed by atoms with E-state index in [4.69, 9.17) is 9.47 Å². The normalized spacial score (nSPS) is 10.5. The summed E-state index contributed by atoms with van der Waals surface area (Å²) in [5, 5.41) is 0. The minimum atomic E-state index is -0.498. The summed E-state index contributed by atoms with van der Waals surface area (Å²) in [6, 6.07) is 11.7. The first-order valence-corrected chi connectivity index (χ1v) is 9.92. The van der Waals surface area contributed by atoms with Gasteiger partial charge in [0.25, 0.3) is 0 Å². The molecule has 0 spiro atoms. The largest absolute Gasteiger partial charge is 0.423 e. The lowest BCUT2D eigenvalue weighted by Gasteiger charge is -2.24. The Balaban J connectivity index is 2.68. The fourth-order valence-electron chi connectivity index (χ4n) is 3.46. The maximum atomic E-state index is 12.0. The Kier molecular flexibility index (Phi) is 7.96. The Morgan fingerprint density at radius 1 is 0.828 bits per heavy atom. The molecule has 0 atom stereocenters. The van der Waals surface area contributed by atoms with Crippen molar-refractivity contribution in [1.82, 2.24) is 0 Å². The first kappa shape index (κ1) is 22.2. The number of benzene rings is 2. The summed E-state index contributed by atoms with van der Waals surface area (Å²) in [6.07, 6.45) is 4.49. The molecule has 0 aliphatic carbocycles. The molecule has 0 N–H and O–H groups in total. The van der Waals surface area contributed by atoms with Crippen molar-refractivity contribution < 1.29 is 19.1 Å². The zero-order valence-corrected chi connectivity index (χ0v) is 17.4. The van der Waals surface area contributed by atoms with E-state index in [1.807, 2.05) is 50.2 Å². The summed E-state index contributed by atoms with van der Waals surface area (Å²) in [5.41, 5.74) is 3.64. The quantitative estimate of drug-likeness (QED) is 0.320. The van der Waals surface area contributed by atoms with E-state index in [0.717, 1.165) is 53.7 Å². The third-order valence-corrected chi connectivity index (χ3v) is 4.91. The molecule has 2 aromatic carbocycles. The molecule has 0 heterocycles. The van der Waals surface area contributed by atoms with Crippen molar-refractivity contribution >= 4 is 11.9 Å². The zero-order valence-electron chi connectivity index (χ0n) is 17.4. The molecule has 0 aliphatic heterocycles. The van der Waals surface area contributed by atoms with Gasteiger partial charge in [0.1, 0.15) is 11.5 Å². The van der Waals surface area contributed by atoms with Crippen LogP contribution < -0.4 is 9.47 Å². The molecule has 0 bridgehead atoms. The molecule has 4 nitrogen and oxygen atoms in total. The molecule has 0 unspecified atom stereocenters.